The number of thiazole rings is 2. The van der Waals surface area contributed by atoms with Crippen LogP contribution < -0.4 is 0 Å². The molecule has 2 heterocycles. The van der Waals surface area contributed by atoms with E-state index in [1.165, 1.54) is 0 Å². The highest BCUT2D eigenvalue weighted by Gasteiger charge is 2.03. The third-order valence-electron chi connectivity index (χ3n) is 1.13. The highest BCUT2D eigenvalue weighted by Crippen LogP contribution is 2.25. The Morgan fingerprint density at radius 1 is 1.36 bits per heavy atom. The van der Waals surface area contributed by atoms with Crippen molar-refractivity contribution < 1.29 is 0 Å². The minimum Gasteiger partial charge on any atom is -0.243 e. The maximum absolute atomic E-state index is 4.24. The molecule has 0 atom stereocenters. The maximum atomic E-state index is 4.24. The molecule has 0 aliphatic carbocycles. The second-order valence-corrected chi connectivity index (χ2v) is 4.85. The van der Waals surface area contributed by atoms with Crippen LogP contribution in [0.2, 0.25) is 0 Å². The van der Waals surface area contributed by atoms with E-state index in [1.54, 1.807) is 28.9 Å². The third kappa shape index (κ3) is 1.50. The Bertz CT molecular complexity index is 341. The molecular weight excluding hydrogens is 244 g/mol. The van der Waals surface area contributed by atoms with E-state index >= 15 is 0 Å². The van der Waals surface area contributed by atoms with Crippen LogP contribution in [0.1, 0.15) is 0 Å². The highest BCUT2D eigenvalue weighted by molar-refractivity contribution is 9.11. The second kappa shape index (κ2) is 3.00. The van der Waals surface area contributed by atoms with Gasteiger partial charge in [-0.3, -0.25) is 0 Å². The van der Waals surface area contributed by atoms with Gasteiger partial charge in [-0.1, -0.05) is 0 Å². The molecular formula is C6H3BrN2S2. The molecule has 0 spiro atoms. The van der Waals surface area contributed by atoms with E-state index in [2.05, 4.69) is 25.9 Å². The van der Waals surface area contributed by atoms with Crippen LogP contribution in [0.4, 0.5) is 0 Å². The van der Waals surface area contributed by atoms with Gasteiger partial charge in [-0.05, 0) is 15.9 Å². The van der Waals surface area contributed by atoms with Crippen molar-refractivity contribution in [3.8, 4) is 10.7 Å². The lowest BCUT2D eigenvalue weighted by molar-refractivity contribution is 1.32. The SMILES string of the molecule is Brc1nc(-c2nccs2)cs1. The minimum absolute atomic E-state index is 0.905. The Balaban J connectivity index is 2.45. The highest BCUT2D eigenvalue weighted by atomic mass is 79.9. The summed E-state index contributed by atoms with van der Waals surface area (Å²) in [6, 6.07) is 0. The van der Waals surface area contributed by atoms with Crippen LogP contribution in [-0.4, -0.2) is 9.97 Å². The zero-order valence-corrected chi connectivity index (χ0v) is 8.54. The first-order valence-corrected chi connectivity index (χ1v) is 5.42. The van der Waals surface area contributed by atoms with E-state index in [9.17, 15) is 0 Å². The van der Waals surface area contributed by atoms with Crippen molar-refractivity contribution in [3.63, 3.8) is 0 Å². The van der Waals surface area contributed by atoms with Gasteiger partial charge < -0.3 is 0 Å². The minimum atomic E-state index is 0.905. The van der Waals surface area contributed by atoms with Gasteiger partial charge in [0.1, 0.15) is 10.7 Å². The molecule has 0 fully saturated rings. The molecule has 0 amide bonds. The zero-order chi connectivity index (χ0) is 7.68. The Hall–Kier alpha value is -0.260. The first-order valence-electron chi connectivity index (χ1n) is 2.87. The molecule has 11 heavy (non-hydrogen) atoms. The fourth-order valence-electron chi connectivity index (χ4n) is 0.700. The average molecular weight is 247 g/mol. The van der Waals surface area contributed by atoms with E-state index in [1.807, 2.05) is 10.8 Å². The largest absolute Gasteiger partial charge is 0.243 e. The first kappa shape index (κ1) is 7.39. The van der Waals surface area contributed by atoms with Crippen molar-refractivity contribution in [1.82, 2.24) is 9.97 Å². The van der Waals surface area contributed by atoms with Crippen LogP contribution in [0.5, 0.6) is 0 Å². The van der Waals surface area contributed by atoms with Gasteiger partial charge in [0.05, 0.1) is 0 Å². The summed E-state index contributed by atoms with van der Waals surface area (Å²) < 4.78 is 0.905. The van der Waals surface area contributed by atoms with Gasteiger partial charge in [-0.25, -0.2) is 9.97 Å². The normalized spacial score (nSPS) is 10.3. The monoisotopic (exact) mass is 246 g/mol. The molecule has 0 radical (unpaired) electrons. The molecule has 56 valence electrons. The van der Waals surface area contributed by atoms with Crippen molar-refractivity contribution in [2.45, 2.75) is 0 Å². The van der Waals surface area contributed by atoms with E-state index in [0.29, 0.717) is 0 Å². The zero-order valence-electron chi connectivity index (χ0n) is 5.32. The number of halogens is 1. The van der Waals surface area contributed by atoms with E-state index in [4.69, 9.17) is 0 Å². The van der Waals surface area contributed by atoms with E-state index in [-0.39, 0.29) is 0 Å². The maximum Gasteiger partial charge on any atom is 0.159 e. The quantitative estimate of drug-likeness (QED) is 0.774. The van der Waals surface area contributed by atoms with E-state index in [0.717, 1.165) is 14.6 Å². The summed E-state index contributed by atoms with van der Waals surface area (Å²) in [7, 11) is 0. The molecule has 0 aliphatic heterocycles. The van der Waals surface area contributed by atoms with Gasteiger partial charge in [0.15, 0.2) is 3.92 Å². The number of hydrogen-bond acceptors (Lipinski definition) is 4. The second-order valence-electron chi connectivity index (χ2n) is 1.82. The molecule has 0 bridgehead atoms. The van der Waals surface area contributed by atoms with Crippen LogP contribution in [0.3, 0.4) is 0 Å². The fraction of sp³-hybridized carbons (Fsp3) is 0. The molecule has 2 aromatic heterocycles. The Kier molecular flexibility index (Phi) is 2.02. The molecule has 0 aliphatic rings. The molecule has 2 aromatic rings. The lowest BCUT2D eigenvalue weighted by Gasteiger charge is -1.83. The standard InChI is InChI=1S/C6H3BrN2S2/c7-6-9-4(3-11-6)5-8-1-2-10-5/h1-3H. The van der Waals surface area contributed by atoms with Crippen molar-refractivity contribution in [3.05, 3.63) is 20.9 Å². The van der Waals surface area contributed by atoms with Gasteiger partial charge in [0.25, 0.3) is 0 Å². The van der Waals surface area contributed by atoms with Crippen LogP contribution in [0.25, 0.3) is 10.7 Å². The molecule has 0 saturated heterocycles. The van der Waals surface area contributed by atoms with Gasteiger partial charge in [-0.15, -0.1) is 22.7 Å². The van der Waals surface area contributed by atoms with Crippen LogP contribution >= 0.6 is 38.6 Å². The summed E-state index contributed by atoms with van der Waals surface area (Å²) >= 11 is 6.48. The summed E-state index contributed by atoms with van der Waals surface area (Å²) in [6.45, 7) is 0. The van der Waals surface area contributed by atoms with Gasteiger partial charge >= 0.3 is 0 Å². The molecule has 5 heteroatoms. The van der Waals surface area contributed by atoms with Gasteiger partial charge in [-0.2, -0.15) is 0 Å². The Morgan fingerprint density at radius 2 is 2.27 bits per heavy atom. The Morgan fingerprint density at radius 3 is 2.82 bits per heavy atom. The lowest BCUT2D eigenvalue weighted by atomic mass is 10.5. The molecule has 2 rings (SSSR count). The average Bonchev–Trinajstić information content (AvgIpc) is 2.55. The molecule has 2 nitrogen and oxygen atoms in total. The van der Waals surface area contributed by atoms with Gasteiger partial charge in [0, 0.05) is 17.0 Å². The summed E-state index contributed by atoms with van der Waals surface area (Å²) in [6.07, 6.45) is 1.78. The van der Waals surface area contributed by atoms with Crippen LogP contribution in [0.15, 0.2) is 20.9 Å². The topological polar surface area (TPSA) is 25.8 Å². The third-order valence-corrected chi connectivity index (χ3v) is 3.29. The van der Waals surface area contributed by atoms with Crippen LogP contribution in [0, 0.1) is 0 Å². The predicted octanol–water partition coefficient (Wildman–Crippen LogP) is 3.03. The molecule has 0 saturated carbocycles. The summed E-state index contributed by atoms with van der Waals surface area (Å²) in [5.41, 5.74) is 0.955. The van der Waals surface area contributed by atoms with E-state index < -0.39 is 0 Å². The molecule has 0 aromatic carbocycles. The Labute approximate surface area is 80.1 Å². The summed E-state index contributed by atoms with van der Waals surface area (Å²) in [5.74, 6) is 0. The van der Waals surface area contributed by atoms with Gasteiger partial charge in [0.2, 0.25) is 0 Å². The van der Waals surface area contributed by atoms with Crippen molar-refractivity contribution in [2.24, 2.45) is 0 Å². The number of hydrogen-bond donors (Lipinski definition) is 0. The first-order chi connectivity index (χ1) is 5.36. The molecule has 0 unspecified atom stereocenters. The smallest absolute Gasteiger partial charge is 0.159 e. The summed E-state index contributed by atoms with van der Waals surface area (Å²) in [5, 5.41) is 4.91. The number of nitrogens with zero attached hydrogens (tertiary/aromatic N) is 2. The number of aromatic nitrogens is 2. The fourth-order valence-corrected chi connectivity index (χ4v) is 2.37. The number of rotatable bonds is 1. The molecule has 0 N–H and O–H groups in total. The van der Waals surface area contributed by atoms with Crippen molar-refractivity contribution in [2.75, 3.05) is 0 Å². The lowest BCUT2D eigenvalue weighted by Crippen LogP contribution is -1.72. The van der Waals surface area contributed by atoms with Crippen molar-refractivity contribution >= 4 is 38.6 Å². The van der Waals surface area contributed by atoms with Crippen LogP contribution in [-0.2, 0) is 0 Å². The van der Waals surface area contributed by atoms with Crippen molar-refractivity contribution in [1.29, 1.82) is 0 Å². The predicted molar refractivity (Wildman–Crippen MR) is 50.9 cm³/mol. The summed E-state index contributed by atoms with van der Waals surface area (Å²) in [4.78, 5) is 8.38.